The van der Waals surface area contributed by atoms with E-state index in [2.05, 4.69) is 48.2 Å². The van der Waals surface area contributed by atoms with E-state index < -0.39 is 34.3 Å². The average molecular weight is 2090 g/mol. The van der Waals surface area contributed by atoms with Crippen LogP contribution in [-0.4, -0.2) is 183 Å². The molecule has 0 radical (unpaired) electrons. The second-order valence-corrected chi connectivity index (χ2v) is 35.8. The van der Waals surface area contributed by atoms with Crippen molar-refractivity contribution >= 4 is 124 Å². The Labute approximate surface area is 871 Å². The molecule has 3 saturated heterocycles. The molecule has 692 valence electrons. The quantitative estimate of drug-likeness (QED) is 0.0130. The van der Waals surface area contributed by atoms with Crippen LogP contribution in [0, 0.1) is 17.5 Å². The predicted molar refractivity (Wildman–Crippen MR) is 451 cm³/mol. The summed E-state index contributed by atoms with van der Waals surface area (Å²) < 4.78 is 83.0. The monoisotopic (exact) mass is 2080 g/mol. The van der Waals surface area contributed by atoms with Crippen molar-refractivity contribution in [3.8, 4) is 0 Å². The van der Waals surface area contributed by atoms with Crippen LogP contribution < -0.4 is 174 Å². The van der Waals surface area contributed by atoms with Gasteiger partial charge < -0.3 is 79.0 Å². The summed E-state index contributed by atoms with van der Waals surface area (Å²) in [5.41, 5.74) is 12.4. The smallest absolute Gasteiger partial charge is 1.00 e. The third-order valence-electron chi connectivity index (χ3n) is 21.0. The molecule has 0 spiro atoms. The van der Waals surface area contributed by atoms with E-state index in [1.807, 2.05) is 90.0 Å². The van der Waals surface area contributed by atoms with Gasteiger partial charge in [0, 0.05) is 132 Å². The van der Waals surface area contributed by atoms with Gasteiger partial charge in [0.25, 0.3) is 6.47 Å². The number of carbonyl (C=O) groups is 10. The van der Waals surface area contributed by atoms with Crippen LogP contribution in [0.4, 0.5) is 57.0 Å². The van der Waals surface area contributed by atoms with Crippen LogP contribution in [0.3, 0.4) is 0 Å². The van der Waals surface area contributed by atoms with E-state index in [1.165, 1.54) is 0 Å². The Bertz CT molecular complexity index is 4690. The summed E-state index contributed by atoms with van der Waals surface area (Å²) >= 11 is 16.0. The van der Waals surface area contributed by atoms with E-state index in [4.69, 9.17) is 87.4 Å². The maximum Gasteiger partial charge on any atom is 1.00 e. The molecule has 0 saturated carbocycles. The number of nitrogens with zero attached hydrogens (tertiary/aromatic N) is 12. The maximum absolute atomic E-state index is 13.5. The molecule has 8 aliphatic heterocycles. The number of nitrogens with two attached hydrogens (primary N) is 1. The molecule has 0 unspecified atom stereocenters. The summed E-state index contributed by atoms with van der Waals surface area (Å²) in [5.74, 6) is -1.25. The van der Waals surface area contributed by atoms with E-state index in [1.54, 1.807) is 34.3 Å². The fraction of sp³-hybridized carbons (Fsp3) is 0.631. The second kappa shape index (κ2) is 51.3. The van der Waals surface area contributed by atoms with Crippen LogP contribution in [0.15, 0.2) is 34.7 Å². The van der Waals surface area contributed by atoms with Crippen LogP contribution in [0.5, 0.6) is 0 Å². The van der Waals surface area contributed by atoms with Gasteiger partial charge in [-0.3, -0.25) is 53.6 Å². The molecule has 8 amide bonds. The molecule has 127 heavy (non-hydrogen) atoms. The van der Waals surface area contributed by atoms with Gasteiger partial charge in [0.05, 0.1) is 88.9 Å². The summed E-state index contributed by atoms with van der Waals surface area (Å²) in [6.45, 7) is 30.1. The summed E-state index contributed by atoms with van der Waals surface area (Å²) in [5, 5.41) is 34.5. The molecule has 43 heteroatoms. The normalized spacial score (nSPS) is 18.8. The first kappa shape index (κ1) is 110. The largest absolute Gasteiger partial charge is 1.00 e. The molecule has 4 N–H and O–H groups in total. The zero-order valence-electron chi connectivity index (χ0n) is 76.4. The molecule has 13 heterocycles. The average Bonchev–Trinajstić information content (AvgIpc) is 1.62. The molecule has 6 aromatic rings. The van der Waals surface area contributed by atoms with E-state index >= 15 is 0 Å². The number of halogens is 6. The van der Waals surface area contributed by atoms with Gasteiger partial charge in [-0.15, -0.1) is 23.2 Å². The van der Waals surface area contributed by atoms with Crippen molar-refractivity contribution in [1.29, 1.82) is 0 Å². The third kappa shape index (κ3) is 32.5. The number of ether oxygens (including phenoxy) is 3. The number of hydrogen-bond acceptors (Lipinski definition) is 27. The number of piperidine rings is 3. The number of anilines is 5. The summed E-state index contributed by atoms with van der Waals surface area (Å²) in [6.07, 6.45) is 13.0. The van der Waals surface area contributed by atoms with Crippen molar-refractivity contribution in [2.45, 2.75) is 312 Å². The Kier molecular flexibility index (Phi) is 44.4. The predicted octanol–water partition coefficient (Wildman–Crippen LogP) is 7.58. The minimum atomic E-state index is -1.56. The standard InChI is InChI=1S/C20H20F3N3O3.C17H26ClN3O4.C17H25N3O4.C12H19N3O3.C12H17N3O2.C5H8Cl2O.CH2O3.2Cs.H/c1-11-6-16-13(20(29-24-16)25-5-3-2-4-17(25)27)10-26(11)18(28)9-12-7-14(21)19(23)15(22)8-12;1-11-9-13-12(10-21(11)16(23)24-17(2,3)4)15(25-20-13)19-14(22)7-5-6-8-18;1-11-9-13-12(10-20(11)16(22)23-17(2,3)4)15(24-18-13)19-8-6-5-7-14(19)21;1-7-5-9-8(10(13)18-14-9)6-15(7)11(16)17-12(2,3)4;1-8-6-10-9(7-13-8)12(17-14-10)15-5-3-2-4-11(15)16;6-4-2-1-3-5(7)8;2-1-4-3;;;/h7-8,11H,2-6,9-10H2,1H3;11H,5-10H2,1-4H3,(H,19,22);11H,5-10H2,1-4H3;7H,5-6,13H2,1-4H3;8,13H,2-7H2,1H3;1-4H2;1,3H;;;/q;;;;;;;2*+1;-1/p-1/t3*11-;7-;8-;;;;;/m00000...../s1. The molecule has 1 aromatic carbocycles. The van der Waals surface area contributed by atoms with Gasteiger partial charge in [0.1, 0.15) is 16.8 Å². The number of rotatable bonds is 15. The molecule has 35 nitrogen and oxygen atoms in total. The number of amides is 8. The fourth-order valence-electron chi connectivity index (χ4n) is 14.6. The molecular formula is C84H117Cl3Cs2F3N15O20. The van der Waals surface area contributed by atoms with Crippen molar-refractivity contribution in [1.82, 2.24) is 50.7 Å². The number of aromatic nitrogens is 5. The van der Waals surface area contributed by atoms with Crippen LogP contribution in [-0.2, 0) is 124 Å². The van der Waals surface area contributed by atoms with Gasteiger partial charge in [-0.25, -0.2) is 27.6 Å². The first-order valence-corrected chi connectivity index (χ1v) is 43.5. The number of nitrogens with one attached hydrogen (secondary N) is 2. The van der Waals surface area contributed by atoms with Gasteiger partial charge in [-0.1, -0.05) is 25.8 Å². The van der Waals surface area contributed by atoms with Gasteiger partial charge in [-0.2, -0.15) is 0 Å². The summed E-state index contributed by atoms with van der Waals surface area (Å²) in [7, 11) is 0. The molecule has 0 bridgehead atoms. The zero-order chi connectivity index (χ0) is 91.9. The molecule has 0 aliphatic carbocycles. The Morgan fingerprint density at radius 3 is 1.29 bits per heavy atom. The third-order valence-corrected chi connectivity index (χ3v) is 21.7. The second-order valence-electron chi connectivity index (χ2n) is 34.6. The molecule has 8 aliphatic rings. The molecule has 5 atom stereocenters. The fourth-order valence-corrected chi connectivity index (χ4v) is 15.1. The van der Waals surface area contributed by atoms with Crippen molar-refractivity contribution in [2.24, 2.45) is 0 Å². The van der Waals surface area contributed by atoms with Crippen molar-refractivity contribution < 1.29 is 247 Å². The van der Waals surface area contributed by atoms with Crippen LogP contribution in [0.25, 0.3) is 0 Å². The van der Waals surface area contributed by atoms with Crippen LogP contribution in [0.2, 0.25) is 0 Å². The summed E-state index contributed by atoms with van der Waals surface area (Å²) in [6, 6.07) is 1.82. The Morgan fingerprint density at radius 1 is 0.535 bits per heavy atom. The number of benzene rings is 1. The number of fused-ring (bicyclic) bond motifs is 5. The van der Waals surface area contributed by atoms with Gasteiger partial charge >= 0.3 is 156 Å². The maximum atomic E-state index is 13.5. The van der Waals surface area contributed by atoms with E-state index in [0.717, 1.165) is 134 Å². The van der Waals surface area contributed by atoms with Crippen molar-refractivity contribution in [3.05, 3.63) is 91.4 Å². The van der Waals surface area contributed by atoms with Crippen molar-refractivity contribution in [2.75, 3.05) is 57.1 Å². The zero-order valence-corrected chi connectivity index (χ0v) is 90.2. The molecular weight excluding hydrogens is 1970 g/mol. The van der Waals surface area contributed by atoms with Crippen LogP contribution in [0.1, 0.15) is 257 Å². The van der Waals surface area contributed by atoms with Gasteiger partial charge in [0.2, 0.25) is 64.2 Å². The van der Waals surface area contributed by atoms with E-state index in [9.17, 15) is 56.3 Å². The topological polar surface area (TPSA) is 434 Å². The number of hydrogen-bond donors (Lipinski definition) is 3. The molecule has 3 fully saturated rings. The first-order chi connectivity index (χ1) is 59.0. The van der Waals surface area contributed by atoms with Gasteiger partial charge in [0.15, 0.2) is 17.5 Å². The first-order valence-electron chi connectivity index (χ1n) is 42.0. The molecule has 14 rings (SSSR count). The number of nitrogen functional groups attached to an aromatic ring is 1. The Hall–Kier alpha value is -5.95. The number of carbonyl (C=O) groups excluding carboxylic acids is 10. The SMILES string of the molecule is C[C@H]1Cc2noc(N)c2CN1C(=O)OC(C)(C)C.C[C@H]1Cc2noc(N3CCCCC3=O)c2CN1.C[C@H]1Cc2noc(N3CCCCC3=O)c2CN1C(=O)Cc1cc(F)c(F)c(F)c1.C[C@H]1Cc2noc(N3CCCCC3=O)c2CN1C(=O)OC(C)(C)C.C[C@H]1Cc2noc(NC(=O)CCCCCl)c2CN1C(=O)OC(C)(C)C.O=C(Cl)CCCCCl.O=CO[O-].[Cs+].[Cs+].[H-]. The van der Waals surface area contributed by atoms with Gasteiger partial charge in [-0.05, 0) is 190 Å². The summed E-state index contributed by atoms with van der Waals surface area (Å²) in [4.78, 5) is 131. The minimum absolute atomic E-state index is 0. The van der Waals surface area contributed by atoms with Crippen LogP contribution >= 0.6 is 34.8 Å². The molecule has 5 aromatic heterocycles. The Balaban J connectivity index is 0.000000275. The number of unbranched alkanes of at least 4 members (excludes halogenated alkanes) is 2. The minimum Gasteiger partial charge on any atom is -1.00 e. The number of alkyl halides is 2. The van der Waals surface area contributed by atoms with E-state index in [-0.39, 0.29) is 247 Å². The van der Waals surface area contributed by atoms with E-state index in [0.29, 0.717) is 150 Å². The van der Waals surface area contributed by atoms with Crippen molar-refractivity contribution in [3.63, 3.8) is 0 Å². The Morgan fingerprint density at radius 2 is 0.890 bits per heavy atom.